The fourth-order valence-electron chi connectivity index (χ4n) is 2.09. The van der Waals surface area contributed by atoms with Crippen molar-refractivity contribution in [3.05, 3.63) is 24.4 Å². The van der Waals surface area contributed by atoms with Crippen LogP contribution in [-0.2, 0) is 0 Å². The van der Waals surface area contributed by atoms with Crippen LogP contribution in [0.4, 0.5) is 0 Å². The van der Waals surface area contributed by atoms with E-state index in [1.54, 1.807) is 6.08 Å². The van der Waals surface area contributed by atoms with E-state index in [1.165, 1.54) is 0 Å². The Morgan fingerprint density at radius 2 is 1.81 bits per heavy atom. The first-order chi connectivity index (χ1) is 7.52. The summed E-state index contributed by atoms with van der Waals surface area (Å²) in [4.78, 5) is 8.94. The number of nitrogens with zero attached hydrogens (tertiary/aromatic N) is 3. The largest absolute Gasteiger partial charge is 0.304 e. The molecule has 0 aromatic carbocycles. The summed E-state index contributed by atoms with van der Waals surface area (Å²) in [6.45, 7) is 16.2. The first kappa shape index (κ1) is 13.1. The molecular weight excluding hydrogens is 198 g/mol. The Bertz CT molecular complexity index is 284. The molecule has 1 heterocycles. The molecule has 1 rings (SSSR count). The first-order valence-corrected chi connectivity index (χ1v) is 5.76. The van der Waals surface area contributed by atoms with Crippen molar-refractivity contribution >= 4 is 6.72 Å². The van der Waals surface area contributed by atoms with Crippen LogP contribution in [0, 0.1) is 0 Å². The maximum atomic E-state index is 4.13. The molecule has 1 aliphatic heterocycles. The molecule has 90 valence electrons. The molecule has 1 fully saturated rings. The lowest BCUT2D eigenvalue weighted by Gasteiger charge is -2.43. The molecule has 0 atom stereocenters. The Morgan fingerprint density at radius 3 is 2.25 bits per heavy atom. The second-order valence-corrected chi connectivity index (χ2v) is 4.80. The smallest absolute Gasteiger partial charge is 0.0593 e. The Balaban J connectivity index is 2.79. The Hall–Kier alpha value is -0.930. The topological polar surface area (TPSA) is 18.8 Å². The van der Waals surface area contributed by atoms with Gasteiger partial charge in [0.15, 0.2) is 0 Å². The van der Waals surface area contributed by atoms with Gasteiger partial charge in [-0.3, -0.25) is 9.89 Å². The van der Waals surface area contributed by atoms with Crippen molar-refractivity contribution in [1.82, 2.24) is 9.80 Å². The van der Waals surface area contributed by atoms with Crippen LogP contribution in [0.2, 0.25) is 0 Å². The van der Waals surface area contributed by atoms with E-state index in [9.17, 15) is 0 Å². The fourth-order valence-corrected chi connectivity index (χ4v) is 2.09. The molecule has 0 spiro atoms. The van der Waals surface area contributed by atoms with Gasteiger partial charge in [-0.1, -0.05) is 12.7 Å². The van der Waals surface area contributed by atoms with Crippen LogP contribution in [0.15, 0.2) is 29.4 Å². The molecule has 3 nitrogen and oxygen atoms in total. The number of likely N-dealkylation sites (N-methyl/N-ethyl adjacent to an activating group) is 1. The SMILES string of the molecule is C=C/C=C(\N=C)C(C)(C)N1CCN(C)CC1. The van der Waals surface area contributed by atoms with Crippen LogP contribution in [-0.4, -0.2) is 55.3 Å². The maximum absolute atomic E-state index is 4.13. The minimum absolute atomic E-state index is 0.0583. The van der Waals surface area contributed by atoms with Gasteiger partial charge >= 0.3 is 0 Å². The highest BCUT2D eigenvalue weighted by atomic mass is 15.3. The Labute approximate surface area is 99.1 Å². The van der Waals surface area contributed by atoms with E-state index in [0.29, 0.717) is 0 Å². The number of rotatable bonds is 4. The highest BCUT2D eigenvalue weighted by molar-refractivity contribution is 5.34. The molecule has 0 bridgehead atoms. The third kappa shape index (κ3) is 2.80. The molecule has 0 N–H and O–H groups in total. The second-order valence-electron chi connectivity index (χ2n) is 4.80. The van der Waals surface area contributed by atoms with Crippen LogP contribution in [0.25, 0.3) is 0 Å². The summed E-state index contributed by atoms with van der Waals surface area (Å²) in [5.74, 6) is 0. The van der Waals surface area contributed by atoms with Crippen molar-refractivity contribution in [2.45, 2.75) is 19.4 Å². The van der Waals surface area contributed by atoms with Gasteiger partial charge < -0.3 is 4.90 Å². The summed E-state index contributed by atoms with van der Waals surface area (Å²) in [6.07, 6.45) is 3.73. The predicted molar refractivity (Wildman–Crippen MR) is 71.0 cm³/mol. The standard InChI is InChI=1S/C13H23N3/c1-6-7-12(14-4)13(2,3)16-10-8-15(5)9-11-16/h6-7H,1,4,8-11H2,2-3,5H3/b12-7-. The normalized spacial score (nSPS) is 20.8. The van der Waals surface area contributed by atoms with Gasteiger partial charge in [0.1, 0.15) is 0 Å². The van der Waals surface area contributed by atoms with Gasteiger partial charge in [-0.15, -0.1) is 0 Å². The van der Waals surface area contributed by atoms with Gasteiger partial charge in [-0.25, -0.2) is 0 Å². The molecule has 0 saturated carbocycles. The van der Waals surface area contributed by atoms with E-state index < -0.39 is 0 Å². The van der Waals surface area contributed by atoms with Crippen LogP contribution in [0.3, 0.4) is 0 Å². The van der Waals surface area contributed by atoms with Gasteiger partial charge in [0.05, 0.1) is 11.2 Å². The van der Waals surface area contributed by atoms with Crippen molar-refractivity contribution in [3.8, 4) is 0 Å². The summed E-state index contributed by atoms with van der Waals surface area (Å²) >= 11 is 0. The van der Waals surface area contributed by atoms with Crippen LogP contribution < -0.4 is 0 Å². The zero-order chi connectivity index (χ0) is 12.2. The minimum Gasteiger partial charge on any atom is -0.304 e. The highest BCUT2D eigenvalue weighted by Gasteiger charge is 2.31. The number of allylic oxidation sites excluding steroid dienone is 2. The Kier molecular flexibility index (Phi) is 4.44. The Morgan fingerprint density at radius 1 is 1.25 bits per heavy atom. The number of piperazine rings is 1. The molecule has 0 unspecified atom stereocenters. The molecule has 0 aromatic heterocycles. The molecule has 16 heavy (non-hydrogen) atoms. The third-order valence-corrected chi connectivity index (χ3v) is 3.37. The highest BCUT2D eigenvalue weighted by Crippen LogP contribution is 2.25. The number of hydrogen-bond acceptors (Lipinski definition) is 3. The monoisotopic (exact) mass is 221 g/mol. The lowest BCUT2D eigenvalue weighted by atomic mass is 9.96. The molecular formula is C13H23N3. The average molecular weight is 221 g/mol. The van der Waals surface area contributed by atoms with Crippen molar-refractivity contribution in [3.63, 3.8) is 0 Å². The van der Waals surface area contributed by atoms with Gasteiger partial charge in [0, 0.05) is 26.2 Å². The average Bonchev–Trinajstić information content (AvgIpc) is 2.26. The quantitative estimate of drug-likeness (QED) is 0.532. The molecule has 0 aliphatic carbocycles. The summed E-state index contributed by atoms with van der Waals surface area (Å²) in [6, 6.07) is 0. The van der Waals surface area contributed by atoms with Gasteiger partial charge in [0.25, 0.3) is 0 Å². The van der Waals surface area contributed by atoms with Crippen LogP contribution in [0.1, 0.15) is 13.8 Å². The molecule has 0 amide bonds. The van der Waals surface area contributed by atoms with Crippen molar-refractivity contribution in [2.24, 2.45) is 4.99 Å². The first-order valence-electron chi connectivity index (χ1n) is 5.76. The van der Waals surface area contributed by atoms with E-state index in [-0.39, 0.29) is 5.54 Å². The zero-order valence-electron chi connectivity index (χ0n) is 10.7. The summed E-state index contributed by atoms with van der Waals surface area (Å²) < 4.78 is 0. The lowest BCUT2D eigenvalue weighted by molar-refractivity contribution is 0.0826. The number of hydrogen-bond donors (Lipinski definition) is 0. The predicted octanol–water partition coefficient (Wildman–Crippen LogP) is 1.78. The van der Waals surface area contributed by atoms with Crippen molar-refractivity contribution < 1.29 is 0 Å². The molecule has 1 aliphatic rings. The summed E-state index contributed by atoms with van der Waals surface area (Å²) in [5, 5.41) is 0. The summed E-state index contributed by atoms with van der Waals surface area (Å²) in [5.41, 5.74) is 0.934. The molecule has 0 radical (unpaired) electrons. The third-order valence-electron chi connectivity index (χ3n) is 3.37. The lowest BCUT2D eigenvalue weighted by Crippen LogP contribution is -2.54. The van der Waals surface area contributed by atoms with Gasteiger partial charge in [-0.05, 0) is 33.7 Å². The minimum atomic E-state index is -0.0583. The van der Waals surface area contributed by atoms with E-state index in [4.69, 9.17) is 0 Å². The van der Waals surface area contributed by atoms with Crippen LogP contribution >= 0.6 is 0 Å². The summed E-state index contributed by atoms with van der Waals surface area (Å²) in [7, 11) is 2.16. The maximum Gasteiger partial charge on any atom is 0.0593 e. The van der Waals surface area contributed by atoms with Crippen molar-refractivity contribution in [1.29, 1.82) is 0 Å². The zero-order valence-corrected chi connectivity index (χ0v) is 10.7. The van der Waals surface area contributed by atoms with Gasteiger partial charge in [-0.2, -0.15) is 0 Å². The van der Waals surface area contributed by atoms with E-state index >= 15 is 0 Å². The van der Waals surface area contributed by atoms with E-state index in [2.05, 4.69) is 49.0 Å². The number of aliphatic imine (C=N–C) groups is 1. The van der Waals surface area contributed by atoms with E-state index in [1.807, 2.05) is 6.08 Å². The van der Waals surface area contributed by atoms with E-state index in [0.717, 1.165) is 31.9 Å². The van der Waals surface area contributed by atoms with Gasteiger partial charge in [0.2, 0.25) is 0 Å². The molecule has 0 aromatic rings. The molecule has 1 saturated heterocycles. The van der Waals surface area contributed by atoms with Crippen LogP contribution in [0.5, 0.6) is 0 Å². The second kappa shape index (κ2) is 5.41. The fraction of sp³-hybridized carbons (Fsp3) is 0.615. The van der Waals surface area contributed by atoms with Crippen molar-refractivity contribution in [2.75, 3.05) is 33.2 Å². The molecule has 3 heteroatoms.